The van der Waals surface area contributed by atoms with E-state index in [4.69, 9.17) is 4.74 Å². The van der Waals surface area contributed by atoms with E-state index in [-0.39, 0.29) is 5.92 Å². The van der Waals surface area contributed by atoms with Crippen molar-refractivity contribution in [2.24, 2.45) is 17.3 Å². The predicted molar refractivity (Wildman–Crippen MR) is 60.6 cm³/mol. The Morgan fingerprint density at radius 1 is 1.38 bits per heavy atom. The minimum atomic E-state index is -0.842. The quantitative estimate of drug-likeness (QED) is 0.740. The number of rotatable bonds is 1. The van der Waals surface area contributed by atoms with Crippen molar-refractivity contribution >= 4 is 0 Å². The van der Waals surface area contributed by atoms with Crippen LogP contribution in [0.4, 0.5) is 0 Å². The molecule has 1 N–H and O–H groups in total. The molecular formula is C13H21NO2. The molecule has 0 aromatic carbocycles. The van der Waals surface area contributed by atoms with E-state index in [1.165, 1.54) is 0 Å². The fourth-order valence-electron chi connectivity index (χ4n) is 3.43. The van der Waals surface area contributed by atoms with Crippen molar-refractivity contribution in [3.63, 3.8) is 0 Å². The van der Waals surface area contributed by atoms with Crippen LogP contribution < -0.4 is 0 Å². The van der Waals surface area contributed by atoms with E-state index < -0.39 is 11.0 Å². The molecule has 4 unspecified atom stereocenters. The van der Waals surface area contributed by atoms with Gasteiger partial charge in [-0.2, -0.15) is 5.26 Å². The first-order valence-corrected chi connectivity index (χ1v) is 6.25. The van der Waals surface area contributed by atoms with E-state index in [0.717, 1.165) is 19.3 Å². The summed E-state index contributed by atoms with van der Waals surface area (Å²) in [5, 5.41) is 20.3. The smallest absolute Gasteiger partial charge is 0.112 e. The van der Waals surface area contributed by atoms with Gasteiger partial charge in [0, 0.05) is 6.61 Å². The molecule has 3 nitrogen and oxygen atoms in total. The third-order valence-corrected chi connectivity index (χ3v) is 4.65. The van der Waals surface area contributed by atoms with E-state index >= 15 is 0 Å². The highest BCUT2D eigenvalue weighted by Gasteiger charge is 2.57. The van der Waals surface area contributed by atoms with E-state index in [1.54, 1.807) is 0 Å². The zero-order valence-electron chi connectivity index (χ0n) is 10.2. The second kappa shape index (κ2) is 4.01. The molecule has 2 aliphatic rings. The molecule has 90 valence electrons. The van der Waals surface area contributed by atoms with Crippen LogP contribution in [-0.2, 0) is 4.74 Å². The van der Waals surface area contributed by atoms with Gasteiger partial charge in [0.25, 0.3) is 0 Å². The Balaban J connectivity index is 2.26. The van der Waals surface area contributed by atoms with Gasteiger partial charge in [-0.15, -0.1) is 0 Å². The number of nitrogens with zero attached hydrogens (tertiary/aromatic N) is 1. The molecule has 2 fully saturated rings. The first-order chi connectivity index (χ1) is 7.54. The van der Waals surface area contributed by atoms with Gasteiger partial charge in [0.2, 0.25) is 0 Å². The van der Waals surface area contributed by atoms with Gasteiger partial charge in [-0.3, -0.25) is 0 Å². The van der Waals surface area contributed by atoms with Crippen LogP contribution in [-0.4, -0.2) is 23.9 Å². The van der Waals surface area contributed by atoms with Crippen molar-refractivity contribution in [3.05, 3.63) is 0 Å². The molecule has 1 saturated carbocycles. The molecular weight excluding hydrogens is 202 g/mol. The monoisotopic (exact) mass is 223 g/mol. The summed E-state index contributed by atoms with van der Waals surface area (Å²) in [5.74, 6) is 0.853. The normalized spacial score (nSPS) is 48.9. The topological polar surface area (TPSA) is 53.2 Å². The lowest BCUT2D eigenvalue weighted by molar-refractivity contribution is -0.127. The summed E-state index contributed by atoms with van der Waals surface area (Å²) in [4.78, 5) is 0. The van der Waals surface area contributed by atoms with Gasteiger partial charge in [0.15, 0.2) is 0 Å². The molecule has 0 aromatic heterocycles. The summed E-state index contributed by atoms with van der Waals surface area (Å²) in [6, 6.07) is 2.36. The standard InChI is InChI=1S/C13H21NO2/c1-10-3-4-13(15,11(2)7-10)12(8-14)5-6-16-9-12/h10-11,15H,3-7,9H2,1-2H3. The Labute approximate surface area is 97.4 Å². The molecule has 1 aliphatic carbocycles. The van der Waals surface area contributed by atoms with Gasteiger partial charge in [0.1, 0.15) is 5.41 Å². The van der Waals surface area contributed by atoms with Gasteiger partial charge in [-0.25, -0.2) is 0 Å². The lowest BCUT2D eigenvalue weighted by atomic mass is 9.59. The third-order valence-electron chi connectivity index (χ3n) is 4.65. The fraction of sp³-hybridized carbons (Fsp3) is 0.923. The van der Waals surface area contributed by atoms with E-state index in [0.29, 0.717) is 25.6 Å². The molecule has 0 spiro atoms. The highest BCUT2D eigenvalue weighted by atomic mass is 16.5. The van der Waals surface area contributed by atoms with Crippen LogP contribution in [0.2, 0.25) is 0 Å². The lowest BCUT2D eigenvalue weighted by Crippen LogP contribution is -2.55. The minimum Gasteiger partial charge on any atom is -0.388 e. The van der Waals surface area contributed by atoms with Crippen LogP contribution in [0.3, 0.4) is 0 Å². The van der Waals surface area contributed by atoms with Crippen LogP contribution in [0.25, 0.3) is 0 Å². The summed E-state index contributed by atoms with van der Waals surface area (Å²) in [6.07, 6.45) is 3.45. The first-order valence-electron chi connectivity index (χ1n) is 6.25. The molecule has 0 radical (unpaired) electrons. The van der Waals surface area contributed by atoms with Gasteiger partial charge in [0.05, 0.1) is 18.3 Å². The third kappa shape index (κ3) is 1.56. The number of ether oxygens (including phenoxy) is 1. The average Bonchev–Trinajstić information content (AvgIpc) is 2.74. The van der Waals surface area contributed by atoms with Crippen LogP contribution in [0.15, 0.2) is 0 Å². The Morgan fingerprint density at radius 2 is 2.12 bits per heavy atom. The summed E-state index contributed by atoms with van der Waals surface area (Å²) in [6.45, 7) is 5.31. The molecule has 16 heavy (non-hydrogen) atoms. The van der Waals surface area contributed by atoms with Crippen LogP contribution in [0.1, 0.15) is 39.5 Å². The molecule has 1 aliphatic heterocycles. The van der Waals surface area contributed by atoms with Crippen LogP contribution >= 0.6 is 0 Å². The van der Waals surface area contributed by atoms with Gasteiger partial charge < -0.3 is 9.84 Å². The average molecular weight is 223 g/mol. The number of hydrogen-bond acceptors (Lipinski definition) is 3. The summed E-state index contributed by atoms with van der Waals surface area (Å²) < 4.78 is 5.36. The Morgan fingerprint density at radius 3 is 2.62 bits per heavy atom. The van der Waals surface area contributed by atoms with Gasteiger partial charge >= 0.3 is 0 Å². The molecule has 4 atom stereocenters. The minimum absolute atomic E-state index is 0.192. The fourth-order valence-corrected chi connectivity index (χ4v) is 3.43. The first kappa shape index (κ1) is 11.9. The van der Waals surface area contributed by atoms with Crippen molar-refractivity contribution in [3.8, 4) is 6.07 Å². The molecule has 1 heterocycles. The summed E-state index contributed by atoms with van der Waals surface area (Å²) in [5.41, 5.74) is -1.50. The van der Waals surface area contributed by atoms with Gasteiger partial charge in [-0.1, -0.05) is 13.8 Å². The highest BCUT2D eigenvalue weighted by molar-refractivity contribution is 5.16. The molecule has 1 saturated heterocycles. The van der Waals surface area contributed by atoms with Crippen molar-refractivity contribution < 1.29 is 9.84 Å². The maximum atomic E-state index is 10.9. The maximum Gasteiger partial charge on any atom is 0.112 e. The Bertz CT molecular complexity index is 304. The Kier molecular flexibility index (Phi) is 2.98. The highest BCUT2D eigenvalue weighted by Crippen LogP contribution is 2.50. The number of aliphatic hydroxyl groups is 1. The second-order valence-electron chi connectivity index (χ2n) is 5.70. The van der Waals surface area contributed by atoms with E-state index in [9.17, 15) is 10.4 Å². The van der Waals surface area contributed by atoms with E-state index in [1.807, 2.05) is 0 Å². The van der Waals surface area contributed by atoms with E-state index in [2.05, 4.69) is 19.9 Å². The molecule has 0 amide bonds. The molecule has 2 rings (SSSR count). The van der Waals surface area contributed by atoms with Crippen molar-refractivity contribution in [1.82, 2.24) is 0 Å². The summed E-state index contributed by atoms with van der Waals surface area (Å²) in [7, 11) is 0. The number of nitriles is 1. The van der Waals surface area contributed by atoms with Crippen molar-refractivity contribution in [1.29, 1.82) is 5.26 Å². The van der Waals surface area contributed by atoms with Crippen LogP contribution in [0.5, 0.6) is 0 Å². The number of hydrogen-bond donors (Lipinski definition) is 1. The van der Waals surface area contributed by atoms with Crippen LogP contribution in [0, 0.1) is 28.6 Å². The Hall–Kier alpha value is -0.590. The maximum absolute atomic E-state index is 10.9. The molecule has 0 aromatic rings. The zero-order chi connectivity index (χ0) is 11.8. The SMILES string of the molecule is CC1CCC(O)(C2(C#N)CCOC2)C(C)C1. The molecule has 3 heteroatoms. The largest absolute Gasteiger partial charge is 0.388 e. The van der Waals surface area contributed by atoms with Gasteiger partial charge in [-0.05, 0) is 37.5 Å². The van der Waals surface area contributed by atoms with Crippen molar-refractivity contribution in [2.45, 2.75) is 45.1 Å². The molecule has 0 bridgehead atoms. The van der Waals surface area contributed by atoms with Crippen molar-refractivity contribution in [2.75, 3.05) is 13.2 Å². The second-order valence-corrected chi connectivity index (χ2v) is 5.70. The zero-order valence-corrected chi connectivity index (χ0v) is 10.2. The lowest BCUT2D eigenvalue weighted by Gasteiger charge is -2.48. The predicted octanol–water partition coefficient (Wildman–Crippen LogP) is 2.10. The summed E-state index contributed by atoms with van der Waals surface area (Å²) >= 11 is 0.